The van der Waals surface area contributed by atoms with Crippen LogP contribution < -0.4 is 10.6 Å². The number of rotatable bonds is 7. The van der Waals surface area contributed by atoms with Gasteiger partial charge in [-0.2, -0.15) is 0 Å². The lowest BCUT2D eigenvalue weighted by Crippen LogP contribution is -2.63. The van der Waals surface area contributed by atoms with E-state index >= 15 is 0 Å². The molecule has 0 aliphatic carbocycles. The maximum Gasteiger partial charge on any atom is 0.245 e. The number of carbonyl (C=O) groups is 2. The summed E-state index contributed by atoms with van der Waals surface area (Å²) in [6, 6.07) is 8.79. The van der Waals surface area contributed by atoms with E-state index in [1.807, 2.05) is 30.3 Å². The molecule has 0 radical (unpaired) electrons. The molecule has 1 aliphatic rings. The lowest BCUT2D eigenvalue weighted by atomic mass is 10.0. The molecule has 5 heteroatoms. The van der Waals surface area contributed by atoms with Gasteiger partial charge in [-0.1, -0.05) is 36.4 Å². The molecule has 2 rings (SSSR count). The minimum absolute atomic E-state index is 0.155. The van der Waals surface area contributed by atoms with Crippen LogP contribution in [0.1, 0.15) is 12.0 Å². The lowest BCUT2D eigenvalue weighted by Gasteiger charge is -2.29. The highest BCUT2D eigenvalue weighted by molar-refractivity contribution is 5.96. The van der Waals surface area contributed by atoms with Gasteiger partial charge in [-0.05, 0) is 18.4 Å². The molecule has 1 aromatic carbocycles. The van der Waals surface area contributed by atoms with Gasteiger partial charge in [-0.25, -0.2) is 0 Å². The van der Waals surface area contributed by atoms with Crippen molar-refractivity contribution in [2.24, 2.45) is 0 Å². The molecule has 0 aromatic heterocycles. The fourth-order valence-electron chi connectivity index (χ4n) is 2.22. The molecule has 1 aliphatic heterocycles. The number of piperazine rings is 1. The average molecular weight is 288 g/mol. The van der Waals surface area contributed by atoms with Crippen molar-refractivity contribution in [3.63, 3.8) is 0 Å². The maximum atomic E-state index is 12.0. The van der Waals surface area contributed by atoms with Crippen LogP contribution in [0.2, 0.25) is 0 Å². The third-order valence-electron chi connectivity index (χ3n) is 3.35. The number of aryl methyl sites for hydroxylation is 1. The van der Waals surface area contributed by atoms with Gasteiger partial charge in [0, 0.05) is 0 Å². The van der Waals surface area contributed by atoms with Crippen molar-refractivity contribution in [1.82, 2.24) is 10.6 Å². The molecule has 0 spiro atoms. The molecule has 21 heavy (non-hydrogen) atoms. The Morgan fingerprint density at radius 2 is 1.76 bits per heavy atom. The van der Waals surface area contributed by atoms with Crippen LogP contribution in [-0.4, -0.2) is 37.1 Å². The highest BCUT2D eigenvalue weighted by Gasteiger charge is 2.33. The molecule has 0 saturated carbocycles. The molecular formula is C16H20N2O3. The number of benzene rings is 1. The number of ether oxygens (including phenoxy) is 1. The molecular weight excluding hydrogens is 268 g/mol. The first-order chi connectivity index (χ1) is 10.2. The first kappa shape index (κ1) is 15.3. The molecule has 2 N–H and O–H groups in total. The van der Waals surface area contributed by atoms with Gasteiger partial charge in [-0.3, -0.25) is 9.59 Å². The molecule has 2 amide bonds. The first-order valence-electron chi connectivity index (χ1n) is 7.04. The summed E-state index contributed by atoms with van der Waals surface area (Å²) >= 11 is 0. The van der Waals surface area contributed by atoms with Crippen LogP contribution in [0, 0.1) is 0 Å². The van der Waals surface area contributed by atoms with Crippen LogP contribution in [-0.2, 0) is 20.7 Å². The van der Waals surface area contributed by atoms with Crippen molar-refractivity contribution in [2.75, 3.05) is 13.2 Å². The number of nitrogens with one attached hydrogen (secondary N) is 2. The second-order valence-electron chi connectivity index (χ2n) is 4.97. The van der Waals surface area contributed by atoms with Crippen LogP contribution in [0.3, 0.4) is 0 Å². The molecule has 0 bridgehead atoms. The van der Waals surface area contributed by atoms with Gasteiger partial charge in [0.1, 0.15) is 12.1 Å². The second-order valence-corrected chi connectivity index (χ2v) is 4.97. The Labute approximate surface area is 124 Å². The van der Waals surface area contributed by atoms with Crippen molar-refractivity contribution in [3.8, 4) is 0 Å². The Kier molecular flexibility index (Phi) is 5.51. The van der Waals surface area contributed by atoms with Crippen molar-refractivity contribution < 1.29 is 14.3 Å². The predicted molar refractivity (Wildman–Crippen MR) is 79.6 cm³/mol. The molecule has 112 valence electrons. The normalized spacial score (nSPS) is 21.5. The summed E-state index contributed by atoms with van der Waals surface area (Å²) in [5.41, 5.74) is 1.15. The summed E-state index contributed by atoms with van der Waals surface area (Å²) in [5, 5.41) is 5.46. The summed E-state index contributed by atoms with van der Waals surface area (Å²) in [7, 11) is 0. The third-order valence-corrected chi connectivity index (χ3v) is 3.35. The number of hydrogen-bond acceptors (Lipinski definition) is 3. The average Bonchev–Trinajstić information content (AvgIpc) is 2.50. The molecule has 1 heterocycles. The zero-order valence-corrected chi connectivity index (χ0v) is 11.9. The Morgan fingerprint density at radius 3 is 2.48 bits per heavy atom. The van der Waals surface area contributed by atoms with E-state index in [0.717, 1.165) is 12.0 Å². The van der Waals surface area contributed by atoms with E-state index in [4.69, 9.17) is 4.74 Å². The molecule has 2 atom stereocenters. The fourth-order valence-corrected chi connectivity index (χ4v) is 2.22. The monoisotopic (exact) mass is 288 g/mol. The van der Waals surface area contributed by atoms with Gasteiger partial charge in [0.05, 0.1) is 13.2 Å². The molecule has 1 fully saturated rings. The van der Waals surface area contributed by atoms with Crippen LogP contribution in [0.4, 0.5) is 0 Å². The Bertz CT molecular complexity index is 502. The minimum atomic E-state index is -0.620. The minimum Gasteiger partial charge on any atom is -0.375 e. The Balaban J connectivity index is 1.83. The van der Waals surface area contributed by atoms with Crippen molar-refractivity contribution in [2.45, 2.75) is 24.9 Å². The summed E-state index contributed by atoms with van der Waals surface area (Å²) in [6.07, 6.45) is 2.93. The van der Waals surface area contributed by atoms with Crippen LogP contribution >= 0.6 is 0 Å². The van der Waals surface area contributed by atoms with Crippen molar-refractivity contribution >= 4 is 11.8 Å². The predicted octanol–water partition coefficient (Wildman–Crippen LogP) is 0.805. The van der Waals surface area contributed by atoms with Gasteiger partial charge in [0.15, 0.2) is 0 Å². The highest BCUT2D eigenvalue weighted by Crippen LogP contribution is 2.08. The van der Waals surface area contributed by atoms with E-state index in [1.165, 1.54) is 0 Å². The van der Waals surface area contributed by atoms with E-state index in [9.17, 15) is 9.59 Å². The van der Waals surface area contributed by atoms with Gasteiger partial charge < -0.3 is 15.4 Å². The van der Waals surface area contributed by atoms with E-state index in [2.05, 4.69) is 17.2 Å². The van der Waals surface area contributed by atoms with E-state index in [1.54, 1.807) is 6.08 Å². The van der Waals surface area contributed by atoms with Gasteiger partial charge in [-0.15, -0.1) is 6.58 Å². The SMILES string of the molecule is C=CCOCC1NC(=O)[C@H](CCc2ccccc2)NC1=O. The Morgan fingerprint density at radius 1 is 1.10 bits per heavy atom. The molecule has 1 unspecified atom stereocenters. The lowest BCUT2D eigenvalue weighted by molar-refractivity contribution is -0.138. The zero-order valence-electron chi connectivity index (χ0n) is 11.9. The van der Waals surface area contributed by atoms with Crippen LogP contribution in [0.15, 0.2) is 43.0 Å². The van der Waals surface area contributed by atoms with Gasteiger partial charge in [0.25, 0.3) is 0 Å². The summed E-state index contributed by atoms with van der Waals surface area (Å²) in [5.74, 6) is -0.352. The summed E-state index contributed by atoms with van der Waals surface area (Å²) in [6.45, 7) is 4.05. The van der Waals surface area contributed by atoms with Crippen molar-refractivity contribution in [1.29, 1.82) is 0 Å². The zero-order chi connectivity index (χ0) is 15.1. The van der Waals surface area contributed by atoms with Gasteiger partial charge in [0.2, 0.25) is 11.8 Å². The summed E-state index contributed by atoms with van der Waals surface area (Å²) in [4.78, 5) is 23.9. The van der Waals surface area contributed by atoms with Crippen LogP contribution in [0.5, 0.6) is 0 Å². The van der Waals surface area contributed by atoms with E-state index < -0.39 is 12.1 Å². The van der Waals surface area contributed by atoms with Crippen molar-refractivity contribution in [3.05, 3.63) is 48.6 Å². The number of carbonyl (C=O) groups excluding carboxylic acids is 2. The second kappa shape index (κ2) is 7.59. The molecule has 1 saturated heterocycles. The standard InChI is InChI=1S/C16H20N2O3/c1-2-10-21-11-14-16(20)17-13(15(19)18-14)9-8-12-6-4-3-5-7-12/h2-7,13-14H,1,8-11H2,(H,17,20)(H,18,19)/t13-,14?/m0/s1. The highest BCUT2D eigenvalue weighted by atomic mass is 16.5. The smallest absolute Gasteiger partial charge is 0.245 e. The number of amides is 2. The van der Waals surface area contributed by atoms with E-state index in [0.29, 0.717) is 13.0 Å². The van der Waals surface area contributed by atoms with Crippen LogP contribution in [0.25, 0.3) is 0 Å². The molecule has 1 aromatic rings. The number of hydrogen-bond donors (Lipinski definition) is 2. The quantitative estimate of drug-likeness (QED) is 0.576. The van der Waals surface area contributed by atoms with Gasteiger partial charge >= 0.3 is 0 Å². The first-order valence-corrected chi connectivity index (χ1v) is 7.04. The largest absolute Gasteiger partial charge is 0.375 e. The summed E-state index contributed by atoms with van der Waals surface area (Å²) < 4.78 is 5.21. The molecule has 5 nitrogen and oxygen atoms in total. The fraction of sp³-hybridized carbons (Fsp3) is 0.375. The topological polar surface area (TPSA) is 67.4 Å². The maximum absolute atomic E-state index is 12.0. The Hall–Kier alpha value is -2.14. The van der Waals surface area contributed by atoms with E-state index in [-0.39, 0.29) is 18.4 Å². The third kappa shape index (κ3) is 4.43.